The fourth-order valence-electron chi connectivity index (χ4n) is 5.75. The minimum Gasteiger partial charge on any atom is -0.368 e. The molecule has 38 heavy (non-hydrogen) atoms. The summed E-state index contributed by atoms with van der Waals surface area (Å²) in [5.74, 6) is -1.06. The van der Waals surface area contributed by atoms with Crippen LogP contribution in [0.2, 0.25) is 0 Å². The molecule has 3 aromatic carbocycles. The highest BCUT2D eigenvalue weighted by atomic mass is 19.1. The predicted molar refractivity (Wildman–Crippen MR) is 148 cm³/mol. The molecule has 1 atom stereocenters. The largest absolute Gasteiger partial charge is 0.368 e. The van der Waals surface area contributed by atoms with E-state index in [0.717, 1.165) is 41.7 Å². The van der Waals surface area contributed by atoms with E-state index < -0.39 is 17.8 Å². The van der Waals surface area contributed by atoms with E-state index in [9.17, 15) is 4.79 Å². The highest BCUT2D eigenvalue weighted by molar-refractivity contribution is 6.00. The van der Waals surface area contributed by atoms with Crippen molar-refractivity contribution in [1.29, 1.82) is 0 Å². The third-order valence-electron chi connectivity index (χ3n) is 7.50. The maximum Gasteiger partial charge on any atom is 0.239 e. The molecular formula is C30H31FN6O. The normalized spacial score (nSPS) is 14.5. The van der Waals surface area contributed by atoms with Crippen molar-refractivity contribution in [1.82, 2.24) is 20.0 Å². The quantitative estimate of drug-likeness (QED) is 0.358. The zero-order valence-electron chi connectivity index (χ0n) is 22.3. The minimum absolute atomic E-state index is 0.324. The van der Waals surface area contributed by atoms with Crippen LogP contribution >= 0.6 is 0 Å². The number of hydrogen-bond donors (Lipinski definition) is 2. The Labute approximate surface area is 221 Å². The Morgan fingerprint density at radius 1 is 1.18 bits per heavy atom. The average Bonchev–Trinajstić information content (AvgIpc) is 3.25. The van der Waals surface area contributed by atoms with Gasteiger partial charge in [0.25, 0.3) is 0 Å². The summed E-state index contributed by atoms with van der Waals surface area (Å²) in [6.07, 6.45) is 1.02. The molecule has 8 heteroatoms. The van der Waals surface area contributed by atoms with Crippen LogP contribution in [0.15, 0.2) is 36.4 Å². The molecule has 1 amide bonds. The van der Waals surface area contributed by atoms with Crippen molar-refractivity contribution in [2.45, 2.75) is 32.9 Å². The van der Waals surface area contributed by atoms with Gasteiger partial charge < -0.3 is 10.6 Å². The number of primary amides is 1. The van der Waals surface area contributed by atoms with Gasteiger partial charge in [0.2, 0.25) is 5.91 Å². The van der Waals surface area contributed by atoms with Crippen LogP contribution in [0.4, 0.5) is 10.1 Å². The molecule has 0 spiro atoms. The van der Waals surface area contributed by atoms with Crippen molar-refractivity contribution in [3.63, 3.8) is 0 Å². The molecule has 194 valence electrons. The lowest BCUT2D eigenvalue weighted by atomic mass is 9.90. The SMILES string of the molecule is [C-]#[N+]c1cc2[nH]nc(-c3cc(C)c4c(c3)CN(C)CC4)c2cc1-c1c(C)cc(C(C(N)=O)N(C)C)cc1F. The fourth-order valence-corrected chi connectivity index (χ4v) is 5.75. The van der Waals surface area contributed by atoms with Gasteiger partial charge in [-0.05, 0) is 99.1 Å². The number of carbonyl (C=O) groups is 1. The number of aromatic nitrogens is 2. The van der Waals surface area contributed by atoms with Crippen LogP contribution in [-0.4, -0.2) is 53.6 Å². The zero-order chi connectivity index (χ0) is 27.3. The van der Waals surface area contributed by atoms with Gasteiger partial charge in [0.1, 0.15) is 11.9 Å². The van der Waals surface area contributed by atoms with Gasteiger partial charge in [-0.25, -0.2) is 9.24 Å². The summed E-state index contributed by atoms with van der Waals surface area (Å²) in [6.45, 7) is 13.6. The number of nitrogens with one attached hydrogen (secondary N) is 1. The smallest absolute Gasteiger partial charge is 0.239 e. The van der Waals surface area contributed by atoms with Gasteiger partial charge in [-0.3, -0.25) is 14.8 Å². The summed E-state index contributed by atoms with van der Waals surface area (Å²) >= 11 is 0. The number of benzene rings is 3. The van der Waals surface area contributed by atoms with E-state index in [1.165, 1.54) is 22.8 Å². The first-order chi connectivity index (χ1) is 18.1. The van der Waals surface area contributed by atoms with Crippen LogP contribution in [0.1, 0.15) is 33.9 Å². The molecule has 1 aromatic heterocycles. The molecular weight excluding hydrogens is 479 g/mol. The molecule has 1 unspecified atom stereocenters. The number of hydrogen-bond acceptors (Lipinski definition) is 4. The Kier molecular flexibility index (Phi) is 6.51. The number of aryl methyl sites for hydroxylation is 2. The van der Waals surface area contributed by atoms with Crippen molar-refractivity contribution in [2.24, 2.45) is 5.73 Å². The van der Waals surface area contributed by atoms with Gasteiger partial charge in [-0.15, -0.1) is 0 Å². The molecule has 4 aromatic rings. The number of H-pyrrole nitrogens is 1. The van der Waals surface area contributed by atoms with Crippen molar-refractivity contribution >= 4 is 22.5 Å². The molecule has 0 fully saturated rings. The van der Waals surface area contributed by atoms with E-state index in [0.29, 0.717) is 27.9 Å². The van der Waals surface area contributed by atoms with Gasteiger partial charge in [-0.1, -0.05) is 12.1 Å². The van der Waals surface area contributed by atoms with Gasteiger partial charge in [0, 0.05) is 29.6 Å². The van der Waals surface area contributed by atoms with Crippen LogP contribution in [-0.2, 0) is 17.8 Å². The number of nitrogens with zero attached hydrogens (tertiary/aromatic N) is 4. The predicted octanol–water partition coefficient (Wildman–Crippen LogP) is 5.28. The lowest BCUT2D eigenvalue weighted by molar-refractivity contribution is -0.122. The molecule has 0 radical (unpaired) electrons. The second-order valence-electron chi connectivity index (χ2n) is 10.5. The zero-order valence-corrected chi connectivity index (χ0v) is 22.3. The first-order valence-corrected chi connectivity index (χ1v) is 12.6. The molecule has 1 aliphatic rings. The van der Waals surface area contributed by atoms with Crippen LogP contribution in [0.25, 0.3) is 38.1 Å². The summed E-state index contributed by atoms with van der Waals surface area (Å²) in [5, 5.41) is 8.51. The Balaban J connectivity index is 1.67. The highest BCUT2D eigenvalue weighted by Gasteiger charge is 2.25. The Morgan fingerprint density at radius 2 is 1.95 bits per heavy atom. The first kappa shape index (κ1) is 25.6. The van der Waals surface area contributed by atoms with Gasteiger partial charge in [-0.2, -0.15) is 5.10 Å². The van der Waals surface area contributed by atoms with Gasteiger partial charge >= 0.3 is 0 Å². The van der Waals surface area contributed by atoms with E-state index >= 15 is 4.39 Å². The van der Waals surface area contributed by atoms with Crippen LogP contribution in [0, 0.1) is 26.2 Å². The molecule has 0 bridgehead atoms. The van der Waals surface area contributed by atoms with Crippen LogP contribution < -0.4 is 5.73 Å². The first-order valence-electron chi connectivity index (χ1n) is 12.6. The maximum absolute atomic E-state index is 15.7. The summed E-state index contributed by atoms with van der Waals surface area (Å²) in [4.78, 5) is 19.7. The third-order valence-corrected chi connectivity index (χ3v) is 7.50. The monoisotopic (exact) mass is 510 g/mol. The van der Waals surface area contributed by atoms with E-state index in [1.54, 1.807) is 38.1 Å². The van der Waals surface area contributed by atoms with E-state index in [2.05, 4.69) is 46.0 Å². The molecule has 7 nitrogen and oxygen atoms in total. The second-order valence-corrected chi connectivity index (χ2v) is 10.5. The number of likely N-dealkylation sites (N-methyl/N-ethyl adjacent to an activating group) is 2. The second kappa shape index (κ2) is 9.67. The van der Waals surface area contributed by atoms with Gasteiger partial charge in [0.15, 0.2) is 5.69 Å². The summed E-state index contributed by atoms with van der Waals surface area (Å²) in [7, 11) is 5.57. The van der Waals surface area contributed by atoms with Crippen molar-refractivity contribution < 1.29 is 9.18 Å². The Hall–Kier alpha value is -4.06. The summed E-state index contributed by atoms with van der Waals surface area (Å²) in [6, 6.07) is 10.3. The highest BCUT2D eigenvalue weighted by Crippen LogP contribution is 2.41. The van der Waals surface area contributed by atoms with Crippen molar-refractivity contribution in [2.75, 3.05) is 27.7 Å². The standard InChI is InChI=1S/C30H31FN6O/c1-16-9-18(11-20-15-37(6)8-7-21(16)20)28-23-13-22(25(33-3)14-26(23)34-35-28)27-17(2)10-19(12-24(27)31)29(30(32)38)36(4)5/h9-14,29H,7-8,15H2,1-2,4-6H3,(H2,32,38)(H,34,35). The summed E-state index contributed by atoms with van der Waals surface area (Å²) in [5.41, 5.74) is 14.3. The summed E-state index contributed by atoms with van der Waals surface area (Å²) < 4.78 is 15.7. The number of aromatic amines is 1. The molecule has 1 aliphatic heterocycles. The lowest BCUT2D eigenvalue weighted by Gasteiger charge is -2.26. The van der Waals surface area contributed by atoms with Crippen molar-refractivity contribution in [3.05, 3.63) is 81.4 Å². The van der Waals surface area contributed by atoms with E-state index in [4.69, 9.17) is 12.3 Å². The molecule has 3 N–H and O–H groups in total. The Bertz CT molecular complexity index is 1610. The number of amides is 1. The fraction of sp³-hybridized carbons (Fsp3) is 0.300. The van der Waals surface area contributed by atoms with Crippen molar-refractivity contribution in [3.8, 4) is 22.4 Å². The molecule has 2 heterocycles. The average molecular weight is 511 g/mol. The lowest BCUT2D eigenvalue weighted by Crippen LogP contribution is -2.32. The number of fused-ring (bicyclic) bond motifs is 2. The topological polar surface area (TPSA) is 82.6 Å². The number of carbonyl (C=O) groups excluding carboxylic acids is 1. The Morgan fingerprint density at radius 3 is 2.61 bits per heavy atom. The molecule has 0 saturated carbocycles. The van der Waals surface area contributed by atoms with E-state index in [1.807, 2.05) is 6.07 Å². The van der Waals surface area contributed by atoms with E-state index in [-0.39, 0.29) is 0 Å². The third kappa shape index (κ3) is 4.34. The number of rotatable bonds is 5. The van der Waals surface area contributed by atoms with Gasteiger partial charge in [0.05, 0.1) is 17.8 Å². The molecule has 5 rings (SSSR count). The molecule has 0 aliphatic carbocycles. The molecule has 0 saturated heterocycles. The van der Waals surface area contributed by atoms with Crippen LogP contribution in [0.3, 0.4) is 0 Å². The van der Waals surface area contributed by atoms with Crippen LogP contribution in [0.5, 0.6) is 0 Å². The maximum atomic E-state index is 15.7. The number of nitrogens with two attached hydrogens (primary N) is 1. The minimum atomic E-state index is -0.758. The number of halogens is 1.